The van der Waals surface area contributed by atoms with Crippen molar-refractivity contribution >= 4 is 11.6 Å². The van der Waals surface area contributed by atoms with Crippen LogP contribution in [-0.4, -0.2) is 36.8 Å². The summed E-state index contributed by atoms with van der Waals surface area (Å²) in [6.07, 6.45) is 2.41. The summed E-state index contributed by atoms with van der Waals surface area (Å²) in [6, 6.07) is 2.22. The average molecular weight is 264 g/mol. The van der Waals surface area contributed by atoms with Crippen LogP contribution < -0.4 is 10.6 Å². The first kappa shape index (κ1) is 14.1. The Morgan fingerprint density at radius 2 is 2.00 bits per heavy atom. The number of rotatable bonds is 7. The molecule has 1 aromatic heterocycles. The number of nitrogens with zero attached hydrogens (tertiary/aromatic N) is 2. The zero-order valence-corrected chi connectivity index (χ0v) is 12.2. The van der Waals surface area contributed by atoms with Gasteiger partial charge in [-0.2, -0.15) is 0 Å². The largest absolute Gasteiger partial charge is 0.383 e. The predicted octanol–water partition coefficient (Wildman–Crippen LogP) is 2.48. The van der Waals surface area contributed by atoms with Crippen LogP contribution in [0.3, 0.4) is 0 Å². The van der Waals surface area contributed by atoms with Gasteiger partial charge in [0.1, 0.15) is 17.5 Å². The lowest BCUT2D eigenvalue weighted by Crippen LogP contribution is -2.31. The van der Waals surface area contributed by atoms with Gasteiger partial charge in [-0.05, 0) is 18.8 Å². The predicted molar refractivity (Wildman–Crippen MR) is 77.7 cm³/mol. The maximum atomic E-state index is 5.26. The summed E-state index contributed by atoms with van der Waals surface area (Å²) in [5.41, 5.74) is 0. The van der Waals surface area contributed by atoms with Gasteiger partial charge in [0, 0.05) is 26.1 Å². The topological polar surface area (TPSA) is 59.1 Å². The molecule has 0 spiro atoms. The number of nitrogens with one attached hydrogen (secondary N) is 2. The highest BCUT2D eigenvalue weighted by Gasteiger charge is 2.27. The van der Waals surface area contributed by atoms with Crippen LogP contribution >= 0.6 is 0 Å². The Hall–Kier alpha value is -1.36. The Balaban J connectivity index is 2.15. The van der Waals surface area contributed by atoms with Crippen LogP contribution in [0.25, 0.3) is 0 Å². The van der Waals surface area contributed by atoms with Crippen LogP contribution in [0.1, 0.15) is 38.4 Å². The molecule has 0 bridgehead atoms. The van der Waals surface area contributed by atoms with Crippen molar-refractivity contribution in [3.05, 3.63) is 11.9 Å². The van der Waals surface area contributed by atoms with Gasteiger partial charge in [0.15, 0.2) is 0 Å². The minimum absolute atomic E-state index is 0.261. The van der Waals surface area contributed by atoms with Crippen molar-refractivity contribution in [1.29, 1.82) is 0 Å². The highest BCUT2D eigenvalue weighted by atomic mass is 16.5. The zero-order valence-electron chi connectivity index (χ0n) is 12.2. The molecule has 19 heavy (non-hydrogen) atoms. The molecule has 1 heterocycles. The van der Waals surface area contributed by atoms with E-state index in [-0.39, 0.29) is 6.04 Å². The minimum atomic E-state index is 0.261. The average Bonchev–Trinajstić information content (AvgIpc) is 3.22. The van der Waals surface area contributed by atoms with Gasteiger partial charge >= 0.3 is 0 Å². The van der Waals surface area contributed by atoms with E-state index in [4.69, 9.17) is 4.74 Å². The fourth-order valence-corrected chi connectivity index (χ4v) is 1.96. The summed E-state index contributed by atoms with van der Waals surface area (Å²) >= 11 is 0. The lowest BCUT2D eigenvalue weighted by atomic mass is 10.1. The highest BCUT2D eigenvalue weighted by molar-refractivity contribution is 5.48. The fourth-order valence-electron chi connectivity index (χ4n) is 1.96. The summed E-state index contributed by atoms with van der Waals surface area (Å²) in [6.45, 7) is 5.03. The van der Waals surface area contributed by atoms with E-state index >= 15 is 0 Å². The fraction of sp³-hybridized carbons (Fsp3) is 0.714. The summed E-state index contributed by atoms with van der Waals surface area (Å²) in [4.78, 5) is 9.15. The molecule has 2 N–H and O–H groups in total. The Bertz CT molecular complexity index is 418. The number of anilines is 2. The number of aromatic nitrogens is 2. The van der Waals surface area contributed by atoms with E-state index in [1.807, 2.05) is 13.1 Å². The first-order valence-electron chi connectivity index (χ1n) is 6.96. The first-order valence-corrected chi connectivity index (χ1v) is 6.96. The van der Waals surface area contributed by atoms with Gasteiger partial charge in [0.25, 0.3) is 0 Å². The van der Waals surface area contributed by atoms with Crippen LogP contribution in [0.15, 0.2) is 6.07 Å². The van der Waals surface area contributed by atoms with Gasteiger partial charge in [0.2, 0.25) is 0 Å². The molecule has 0 aromatic carbocycles. The van der Waals surface area contributed by atoms with Gasteiger partial charge in [-0.1, -0.05) is 13.8 Å². The SMILES string of the molecule is CNc1cc(NC(COC)C(C)C)nc(C2CC2)n1. The van der Waals surface area contributed by atoms with Crippen molar-refractivity contribution in [2.45, 2.75) is 38.6 Å². The van der Waals surface area contributed by atoms with Gasteiger partial charge in [-0.25, -0.2) is 9.97 Å². The quantitative estimate of drug-likeness (QED) is 0.792. The second-order valence-electron chi connectivity index (χ2n) is 5.47. The van der Waals surface area contributed by atoms with Gasteiger partial charge in [0.05, 0.1) is 12.6 Å². The molecular weight excluding hydrogens is 240 g/mol. The summed E-state index contributed by atoms with van der Waals surface area (Å²) in [5.74, 6) is 3.75. The molecule has 1 saturated carbocycles. The molecular formula is C14H24N4O. The Morgan fingerprint density at radius 3 is 2.53 bits per heavy atom. The van der Waals surface area contributed by atoms with Crippen molar-refractivity contribution in [3.8, 4) is 0 Å². The van der Waals surface area contributed by atoms with Gasteiger partial charge in [-0.15, -0.1) is 0 Å². The highest BCUT2D eigenvalue weighted by Crippen LogP contribution is 2.38. The lowest BCUT2D eigenvalue weighted by Gasteiger charge is -2.22. The van der Waals surface area contributed by atoms with Crippen molar-refractivity contribution < 1.29 is 4.74 Å². The molecule has 1 unspecified atom stereocenters. The number of methoxy groups -OCH3 is 1. The second-order valence-corrected chi connectivity index (χ2v) is 5.47. The van der Waals surface area contributed by atoms with Crippen LogP contribution in [0.5, 0.6) is 0 Å². The van der Waals surface area contributed by atoms with E-state index in [0.29, 0.717) is 18.4 Å². The van der Waals surface area contributed by atoms with E-state index in [9.17, 15) is 0 Å². The standard InChI is InChI=1S/C14H24N4O/c1-9(2)11(8-19-4)16-13-7-12(15-3)17-14(18-13)10-5-6-10/h7,9-11H,5-6,8H2,1-4H3,(H2,15,16,17,18). The summed E-state index contributed by atoms with van der Waals surface area (Å²) in [7, 11) is 3.61. The molecule has 1 aliphatic rings. The van der Waals surface area contributed by atoms with E-state index in [2.05, 4.69) is 34.4 Å². The third kappa shape index (κ3) is 3.80. The normalized spacial score (nSPS) is 16.5. The van der Waals surface area contributed by atoms with Gasteiger partial charge in [-0.3, -0.25) is 0 Å². The Labute approximate surface area is 115 Å². The molecule has 1 aliphatic carbocycles. The molecule has 2 rings (SSSR count). The van der Waals surface area contributed by atoms with Crippen LogP contribution in [-0.2, 0) is 4.74 Å². The van der Waals surface area contributed by atoms with Crippen molar-refractivity contribution in [2.75, 3.05) is 31.4 Å². The molecule has 5 heteroatoms. The molecule has 5 nitrogen and oxygen atoms in total. The lowest BCUT2D eigenvalue weighted by molar-refractivity contribution is 0.171. The monoisotopic (exact) mass is 264 g/mol. The van der Waals surface area contributed by atoms with Gasteiger partial charge < -0.3 is 15.4 Å². The maximum Gasteiger partial charge on any atom is 0.136 e. The van der Waals surface area contributed by atoms with E-state index in [0.717, 1.165) is 17.5 Å². The summed E-state index contributed by atoms with van der Waals surface area (Å²) < 4.78 is 5.26. The van der Waals surface area contributed by atoms with Crippen LogP contribution in [0.4, 0.5) is 11.6 Å². The second kappa shape index (κ2) is 6.19. The smallest absolute Gasteiger partial charge is 0.136 e. The molecule has 0 saturated heterocycles. The molecule has 1 fully saturated rings. The molecule has 0 aliphatic heterocycles. The van der Waals surface area contributed by atoms with Crippen LogP contribution in [0.2, 0.25) is 0 Å². The molecule has 1 aromatic rings. The Kier molecular flexibility index (Phi) is 4.58. The van der Waals surface area contributed by atoms with Crippen molar-refractivity contribution in [3.63, 3.8) is 0 Å². The minimum Gasteiger partial charge on any atom is -0.383 e. The van der Waals surface area contributed by atoms with Crippen molar-refractivity contribution in [2.24, 2.45) is 5.92 Å². The van der Waals surface area contributed by atoms with E-state index < -0.39 is 0 Å². The molecule has 106 valence electrons. The number of hydrogen-bond donors (Lipinski definition) is 2. The number of hydrogen-bond acceptors (Lipinski definition) is 5. The summed E-state index contributed by atoms with van der Waals surface area (Å²) in [5, 5.41) is 6.56. The van der Waals surface area contributed by atoms with E-state index in [1.165, 1.54) is 12.8 Å². The third-order valence-corrected chi connectivity index (χ3v) is 3.43. The first-order chi connectivity index (χ1) is 9.13. The van der Waals surface area contributed by atoms with Crippen LogP contribution in [0, 0.1) is 5.92 Å². The third-order valence-electron chi connectivity index (χ3n) is 3.43. The van der Waals surface area contributed by atoms with Crippen molar-refractivity contribution in [1.82, 2.24) is 9.97 Å². The number of ether oxygens (including phenoxy) is 1. The maximum absolute atomic E-state index is 5.26. The zero-order chi connectivity index (χ0) is 13.8. The molecule has 0 radical (unpaired) electrons. The molecule has 0 amide bonds. The Morgan fingerprint density at radius 1 is 1.32 bits per heavy atom. The van der Waals surface area contributed by atoms with E-state index in [1.54, 1.807) is 7.11 Å². The molecule has 1 atom stereocenters.